The number of amides is 2. The molecule has 1 fully saturated rings. The monoisotopic (exact) mass is 345 g/mol. The van der Waals surface area contributed by atoms with Gasteiger partial charge in [0.05, 0.1) is 16.3 Å². The highest BCUT2D eigenvalue weighted by molar-refractivity contribution is 8.19. The third-order valence-electron chi connectivity index (χ3n) is 3.52. The van der Waals surface area contributed by atoms with Gasteiger partial charge in [0.2, 0.25) is 0 Å². The smallest absolute Gasteiger partial charge is 0.319 e. The van der Waals surface area contributed by atoms with Gasteiger partial charge in [-0.1, -0.05) is 18.2 Å². The summed E-state index contributed by atoms with van der Waals surface area (Å²) in [5, 5.41) is 5.82. The Bertz CT molecular complexity index is 660. The van der Waals surface area contributed by atoms with Crippen LogP contribution in [0.15, 0.2) is 48.7 Å². The van der Waals surface area contributed by atoms with Crippen LogP contribution in [0.1, 0.15) is 28.8 Å². The molecule has 0 radical (unpaired) electrons. The van der Waals surface area contributed by atoms with Gasteiger partial charge < -0.3 is 10.6 Å². The van der Waals surface area contributed by atoms with Gasteiger partial charge in [-0.2, -0.15) is 0 Å². The third-order valence-corrected chi connectivity index (χ3v) is 6.62. The molecule has 23 heavy (non-hydrogen) atoms. The number of carbonyl (C=O) groups is 1. The summed E-state index contributed by atoms with van der Waals surface area (Å²) in [4.78, 5) is 16.4. The van der Waals surface area contributed by atoms with Gasteiger partial charge >= 0.3 is 6.03 Å². The predicted octanol–water partition coefficient (Wildman–Crippen LogP) is 4.44. The summed E-state index contributed by atoms with van der Waals surface area (Å²) in [5.41, 5.74) is 2.92. The first-order valence-electron chi connectivity index (χ1n) is 7.54. The molecule has 1 atom stereocenters. The number of hydrogen-bond acceptors (Lipinski definition) is 4. The van der Waals surface area contributed by atoms with E-state index in [4.69, 9.17) is 0 Å². The highest BCUT2D eigenvalue weighted by atomic mass is 32.2. The zero-order valence-electron chi connectivity index (χ0n) is 12.9. The minimum absolute atomic E-state index is 0.139. The quantitative estimate of drug-likeness (QED) is 0.860. The molecule has 0 aliphatic carbocycles. The van der Waals surface area contributed by atoms with Crippen LogP contribution in [0.4, 0.5) is 10.5 Å². The molecule has 6 heteroatoms. The van der Waals surface area contributed by atoms with Crippen molar-refractivity contribution in [1.82, 2.24) is 10.3 Å². The van der Waals surface area contributed by atoms with Crippen molar-refractivity contribution in [2.45, 2.75) is 17.5 Å². The standard InChI is InChI=1S/C17H19N3OS2/c1-12(15-7-2-3-8-18-15)19-17(21)20-14-6-4-5-13(11-14)16-22-9-10-23-16/h2-8,11-12,16H,9-10H2,1H3,(H2,19,20,21). The number of pyridine rings is 1. The molecule has 2 amide bonds. The largest absolute Gasteiger partial charge is 0.330 e. The van der Waals surface area contributed by atoms with Crippen LogP contribution in [0.3, 0.4) is 0 Å². The van der Waals surface area contributed by atoms with Gasteiger partial charge in [-0.05, 0) is 36.8 Å². The van der Waals surface area contributed by atoms with E-state index in [0.717, 1.165) is 11.4 Å². The minimum Gasteiger partial charge on any atom is -0.330 e. The maximum atomic E-state index is 12.2. The SMILES string of the molecule is CC(NC(=O)Nc1cccc(C2SCCS2)c1)c1ccccn1. The summed E-state index contributed by atoms with van der Waals surface area (Å²) in [5.74, 6) is 2.38. The Labute approximate surface area is 144 Å². The van der Waals surface area contributed by atoms with Crippen LogP contribution in [0, 0.1) is 0 Å². The molecule has 1 unspecified atom stereocenters. The van der Waals surface area contributed by atoms with Gasteiger partial charge in [0.25, 0.3) is 0 Å². The lowest BCUT2D eigenvalue weighted by Gasteiger charge is -2.15. The van der Waals surface area contributed by atoms with Crippen molar-refractivity contribution in [2.75, 3.05) is 16.8 Å². The van der Waals surface area contributed by atoms with Gasteiger partial charge in [-0.15, -0.1) is 23.5 Å². The molecular formula is C17H19N3OS2. The fourth-order valence-electron chi connectivity index (χ4n) is 2.38. The van der Waals surface area contributed by atoms with Crippen molar-refractivity contribution in [1.29, 1.82) is 0 Å². The number of anilines is 1. The van der Waals surface area contributed by atoms with E-state index in [2.05, 4.69) is 27.8 Å². The number of carbonyl (C=O) groups excluding carboxylic acids is 1. The first-order valence-corrected chi connectivity index (χ1v) is 9.64. The number of nitrogens with zero attached hydrogens (tertiary/aromatic N) is 1. The van der Waals surface area contributed by atoms with Gasteiger partial charge in [-0.25, -0.2) is 4.79 Å². The van der Waals surface area contributed by atoms with Gasteiger partial charge in [0, 0.05) is 23.4 Å². The van der Waals surface area contributed by atoms with E-state index in [1.165, 1.54) is 17.1 Å². The summed E-state index contributed by atoms with van der Waals surface area (Å²) in [7, 11) is 0. The number of rotatable bonds is 4. The Kier molecular flexibility index (Phi) is 5.46. The topological polar surface area (TPSA) is 54.0 Å². The van der Waals surface area contributed by atoms with E-state index in [1.807, 2.05) is 60.8 Å². The molecule has 4 nitrogen and oxygen atoms in total. The maximum absolute atomic E-state index is 12.2. The molecule has 1 saturated heterocycles. The van der Waals surface area contributed by atoms with Crippen molar-refractivity contribution in [3.8, 4) is 0 Å². The molecule has 1 aromatic heterocycles. The lowest BCUT2D eigenvalue weighted by Crippen LogP contribution is -2.31. The number of nitrogens with one attached hydrogen (secondary N) is 2. The van der Waals surface area contributed by atoms with Crippen LogP contribution in [-0.2, 0) is 0 Å². The van der Waals surface area contributed by atoms with Crippen molar-refractivity contribution >= 4 is 35.2 Å². The molecule has 2 N–H and O–H groups in total. The van der Waals surface area contributed by atoms with Crippen LogP contribution in [0.5, 0.6) is 0 Å². The summed E-state index contributed by atoms with van der Waals surface area (Å²) < 4.78 is 0.479. The molecular weight excluding hydrogens is 326 g/mol. The average molecular weight is 345 g/mol. The molecule has 1 aliphatic heterocycles. The summed E-state index contributed by atoms with van der Waals surface area (Å²) in [6.45, 7) is 1.92. The second-order valence-corrected chi connectivity index (χ2v) is 8.00. The maximum Gasteiger partial charge on any atom is 0.319 e. The van der Waals surface area contributed by atoms with Gasteiger partial charge in [0.15, 0.2) is 0 Å². The summed E-state index contributed by atoms with van der Waals surface area (Å²) >= 11 is 3.91. The Hall–Kier alpha value is -1.66. The van der Waals surface area contributed by atoms with Crippen LogP contribution < -0.4 is 10.6 Å². The predicted molar refractivity (Wildman–Crippen MR) is 98.9 cm³/mol. The molecule has 0 saturated carbocycles. The normalized spacial score (nSPS) is 16.0. The number of urea groups is 1. The molecule has 120 valence electrons. The lowest BCUT2D eigenvalue weighted by molar-refractivity contribution is 0.249. The Morgan fingerprint density at radius 2 is 2.04 bits per heavy atom. The van der Waals surface area contributed by atoms with Gasteiger partial charge in [-0.3, -0.25) is 4.98 Å². The van der Waals surface area contributed by atoms with Crippen LogP contribution in [0.2, 0.25) is 0 Å². The molecule has 1 aliphatic rings. The van der Waals surface area contributed by atoms with Crippen LogP contribution in [-0.4, -0.2) is 22.5 Å². The lowest BCUT2D eigenvalue weighted by atomic mass is 10.2. The van der Waals surface area contributed by atoms with E-state index in [0.29, 0.717) is 4.58 Å². The number of benzene rings is 1. The van der Waals surface area contributed by atoms with Gasteiger partial charge in [0.1, 0.15) is 0 Å². The second kappa shape index (κ2) is 7.75. The van der Waals surface area contributed by atoms with Crippen LogP contribution in [0.25, 0.3) is 0 Å². The fraction of sp³-hybridized carbons (Fsp3) is 0.294. The Balaban J connectivity index is 1.60. The molecule has 0 bridgehead atoms. The van der Waals surface area contributed by atoms with E-state index in [1.54, 1.807) is 6.20 Å². The van der Waals surface area contributed by atoms with E-state index < -0.39 is 0 Å². The highest BCUT2D eigenvalue weighted by Crippen LogP contribution is 2.45. The first-order chi connectivity index (χ1) is 11.2. The zero-order chi connectivity index (χ0) is 16.1. The molecule has 0 spiro atoms. The third kappa shape index (κ3) is 4.42. The van der Waals surface area contributed by atoms with Crippen molar-refractivity contribution in [2.24, 2.45) is 0 Å². The van der Waals surface area contributed by atoms with Crippen molar-refractivity contribution < 1.29 is 4.79 Å². The molecule has 3 rings (SSSR count). The average Bonchev–Trinajstić information content (AvgIpc) is 3.10. The number of hydrogen-bond donors (Lipinski definition) is 2. The van der Waals surface area contributed by atoms with Crippen molar-refractivity contribution in [3.63, 3.8) is 0 Å². The highest BCUT2D eigenvalue weighted by Gasteiger charge is 2.18. The summed E-state index contributed by atoms with van der Waals surface area (Å²) in [6, 6.07) is 13.4. The Morgan fingerprint density at radius 1 is 1.22 bits per heavy atom. The van der Waals surface area contributed by atoms with E-state index in [-0.39, 0.29) is 12.1 Å². The second-order valence-electron chi connectivity index (χ2n) is 5.27. The van der Waals surface area contributed by atoms with E-state index in [9.17, 15) is 4.79 Å². The van der Waals surface area contributed by atoms with E-state index >= 15 is 0 Å². The molecule has 1 aromatic carbocycles. The molecule has 2 heterocycles. The van der Waals surface area contributed by atoms with Crippen molar-refractivity contribution in [3.05, 3.63) is 59.9 Å². The number of thioether (sulfide) groups is 2. The first kappa shape index (κ1) is 16.2. The fourth-order valence-corrected chi connectivity index (χ4v) is 5.22. The number of aromatic nitrogens is 1. The summed E-state index contributed by atoms with van der Waals surface area (Å²) in [6.07, 6.45) is 1.73. The zero-order valence-corrected chi connectivity index (χ0v) is 14.5. The molecule has 2 aromatic rings. The van der Waals surface area contributed by atoms with Crippen LogP contribution >= 0.6 is 23.5 Å². The minimum atomic E-state index is -0.216. The Morgan fingerprint density at radius 3 is 2.78 bits per heavy atom.